The molecule has 7 heteroatoms. The van der Waals surface area contributed by atoms with Crippen molar-refractivity contribution in [3.8, 4) is 5.75 Å². The number of nitro benzene ring substituents is 1. The van der Waals surface area contributed by atoms with Crippen LogP contribution in [0.25, 0.3) is 0 Å². The lowest BCUT2D eigenvalue weighted by Crippen LogP contribution is -2.30. The van der Waals surface area contributed by atoms with Gasteiger partial charge in [0.15, 0.2) is 6.10 Å². The minimum absolute atomic E-state index is 0.0247. The van der Waals surface area contributed by atoms with Gasteiger partial charge >= 0.3 is 0 Å². The third-order valence-electron chi connectivity index (χ3n) is 3.09. The molecule has 1 atom stereocenters. The molecule has 0 spiro atoms. The van der Waals surface area contributed by atoms with Gasteiger partial charge in [-0.2, -0.15) is 0 Å². The van der Waals surface area contributed by atoms with E-state index in [0.29, 0.717) is 5.75 Å². The summed E-state index contributed by atoms with van der Waals surface area (Å²) in [5.74, 6) is 0.112. The molecule has 1 N–H and O–H groups in total. The number of carbonyl (C=O) groups is 1. The number of amides is 1. The van der Waals surface area contributed by atoms with Crippen molar-refractivity contribution in [1.82, 2.24) is 0 Å². The van der Waals surface area contributed by atoms with Crippen LogP contribution in [-0.4, -0.2) is 23.2 Å². The molecule has 0 fully saturated rings. The summed E-state index contributed by atoms with van der Waals surface area (Å²) in [4.78, 5) is 23.3. The summed E-state index contributed by atoms with van der Waals surface area (Å²) in [7, 11) is 0. The van der Waals surface area contributed by atoms with E-state index in [1.807, 2.05) is 30.5 Å². The first-order valence-electron chi connectivity index (χ1n) is 6.86. The molecule has 0 saturated heterocycles. The Morgan fingerprint density at radius 3 is 2.48 bits per heavy atom. The molecule has 0 aliphatic rings. The Morgan fingerprint density at radius 2 is 1.87 bits per heavy atom. The van der Waals surface area contributed by atoms with Crippen molar-refractivity contribution >= 4 is 29.0 Å². The Morgan fingerprint density at radius 1 is 1.22 bits per heavy atom. The van der Waals surface area contributed by atoms with Crippen molar-refractivity contribution in [1.29, 1.82) is 0 Å². The Labute approximate surface area is 138 Å². The Hall–Kier alpha value is -2.54. The van der Waals surface area contributed by atoms with Crippen molar-refractivity contribution in [2.75, 3.05) is 11.6 Å². The average molecular weight is 332 g/mol. The van der Waals surface area contributed by atoms with Gasteiger partial charge in [-0.05, 0) is 37.4 Å². The number of rotatable bonds is 6. The maximum atomic E-state index is 12.2. The van der Waals surface area contributed by atoms with E-state index in [1.165, 1.54) is 36.0 Å². The van der Waals surface area contributed by atoms with Gasteiger partial charge in [-0.15, -0.1) is 11.8 Å². The van der Waals surface area contributed by atoms with Crippen molar-refractivity contribution in [3.05, 3.63) is 58.6 Å². The van der Waals surface area contributed by atoms with Crippen molar-refractivity contribution in [2.24, 2.45) is 0 Å². The summed E-state index contributed by atoms with van der Waals surface area (Å²) in [6, 6.07) is 13.1. The van der Waals surface area contributed by atoms with Gasteiger partial charge in [0.05, 0.1) is 10.6 Å². The standard InChI is InChI=1S/C16H16N2O4S/c1-11(22-13-9-7-12(8-10-13)18(20)21)16(19)17-14-5-3-4-6-15(14)23-2/h3-11H,1-2H3,(H,17,19)/t11-/m0/s1. The monoisotopic (exact) mass is 332 g/mol. The Bertz CT molecular complexity index is 703. The maximum absolute atomic E-state index is 12.2. The van der Waals surface area contributed by atoms with Crippen LogP contribution in [-0.2, 0) is 4.79 Å². The summed E-state index contributed by atoms with van der Waals surface area (Å²) >= 11 is 1.54. The lowest BCUT2D eigenvalue weighted by molar-refractivity contribution is -0.384. The molecular weight excluding hydrogens is 316 g/mol. The zero-order valence-electron chi connectivity index (χ0n) is 12.7. The van der Waals surface area contributed by atoms with Crippen molar-refractivity contribution in [2.45, 2.75) is 17.9 Å². The van der Waals surface area contributed by atoms with E-state index < -0.39 is 11.0 Å². The minimum Gasteiger partial charge on any atom is -0.481 e. The van der Waals surface area contributed by atoms with Crippen molar-refractivity contribution in [3.63, 3.8) is 0 Å². The van der Waals surface area contributed by atoms with Crippen LogP contribution in [0.5, 0.6) is 5.75 Å². The molecule has 2 aromatic rings. The van der Waals surface area contributed by atoms with Crippen LogP contribution >= 0.6 is 11.8 Å². The van der Waals surface area contributed by atoms with Crippen LogP contribution in [0.4, 0.5) is 11.4 Å². The van der Waals surface area contributed by atoms with E-state index in [4.69, 9.17) is 4.74 Å². The molecule has 120 valence electrons. The van der Waals surface area contributed by atoms with Gasteiger partial charge in [0.1, 0.15) is 5.75 Å². The second-order valence-electron chi connectivity index (χ2n) is 4.70. The van der Waals surface area contributed by atoms with Gasteiger partial charge in [-0.1, -0.05) is 12.1 Å². The van der Waals surface area contributed by atoms with E-state index in [0.717, 1.165) is 10.6 Å². The second-order valence-corrected chi connectivity index (χ2v) is 5.55. The third-order valence-corrected chi connectivity index (χ3v) is 3.89. The normalized spacial score (nSPS) is 11.6. The predicted octanol–water partition coefficient (Wildman–Crippen LogP) is 3.72. The topological polar surface area (TPSA) is 81.5 Å². The third kappa shape index (κ3) is 4.46. The quantitative estimate of drug-likeness (QED) is 0.495. The number of carbonyl (C=O) groups excluding carboxylic acids is 1. The molecule has 0 bridgehead atoms. The Kier molecular flexibility index (Phi) is 5.59. The van der Waals surface area contributed by atoms with Gasteiger partial charge in [-0.25, -0.2) is 0 Å². The van der Waals surface area contributed by atoms with E-state index in [9.17, 15) is 14.9 Å². The average Bonchev–Trinajstić information content (AvgIpc) is 2.55. The van der Waals surface area contributed by atoms with Gasteiger partial charge < -0.3 is 10.1 Å². The molecule has 6 nitrogen and oxygen atoms in total. The maximum Gasteiger partial charge on any atom is 0.269 e. The molecule has 23 heavy (non-hydrogen) atoms. The lowest BCUT2D eigenvalue weighted by atomic mass is 10.3. The molecule has 1 amide bonds. The molecule has 0 aliphatic carbocycles. The first-order chi connectivity index (χ1) is 11.0. The number of nitrogens with zero attached hydrogens (tertiary/aromatic N) is 1. The highest BCUT2D eigenvalue weighted by molar-refractivity contribution is 7.98. The smallest absolute Gasteiger partial charge is 0.269 e. The summed E-state index contributed by atoms with van der Waals surface area (Å²) in [6.45, 7) is 1.62. The highest BCUT2D eigenvalue weighted by Crippen LogP contribution is 2.25. The summed E-state index contributed by atoms with van der Waals surface area (Å²) < 4.78 is 5.52. The Balaban J connectivity index is 2.01. The molecule has 0 aromatic heterocycles. The second kappa shape index (κ2) is 7.64. The first kappa shape index (κ1) is 16.8. The molecule has 0 unspecified atom stereocenters. The van der Waals surface area contributed by atoms with E-state index in [-0.39, 0.29) is 11.6 Å². The SMILES string of the molecule is CSc1ccccc1NC(=O)[C@H](C)Oc1ccc([N+](=O)[O-])cc1. The summed E-state index contributed by atoms with van der Waals surface area (Å²) in [5.41, 5.74) is 0.701. The molecule has 0 heterocycles. The van der Waals surface area contributed by atoms with Gasteiger partial charge in [0.25, 0.3) is 11.6 Å². The highest BCUT2D eigenvalue weighted by Gasteiger charge is 2.16. The number of hydrogen-bond donors (Lipinski definition) is 1. The number of benzene rings is 2. The largest absolute Gasteiger partial charge is 0.481 e. The number of para-hydroxylation sites is 1. The van der Waals surface area contributed by atoms with Crippen LogP contribution in [0.15, 0.2) is 53.4 Å². The van der Waals surface area contributed by atoms with Crippen molar-refractivity contribution < 1.29 is 14.5 Å². The molecule has 0 aliphatic heterocycles. The van der Waals surface area contributed by atoms with Gasteiger partial charge in [-0.3, -0.25) is 14.9 Å². The van der Waals surface area contributed by atoms with Gasteiger partial charge in [0.2, 0.25) is 0 Å². The van der Waals surface area contributed by atoms with E-state index in [2.05, 4.69) is 5.32 Å². The number of nitrogens with one attached hydrogen (secondary N) is 1. The first-order valence-corrected chi connectivity index (χ1v) is 8.08. The fraction of sp³-hybridized carbons (Fsp3) is 0.188. The number of thioether (sulfide) groups is 1. The number of ether oxygens (including phenoxy) is 1. The summed E-state index contributed by atoms with van der Waals surface area (Å²) in [5, 5.41) is 13.4. The molecule has 2 rings (SSSR count). The number of non-ortho nitro benzene ring substituents is 1. The fourth-order valence-electron chi connectivity index (χ4n) is 1.89. The predicted molar refractivity (Wildman–Crippen MR) is 90.0 cm³/mol. The molecule has 0 radical (unpaired) electrons. The highest BCUT2D eigenvalue weighted by atomic mass is 32.2. The zero-order valence-corrected chi connectivity index (χ0v) is 13.5. The van der Waals surface area contributed by atoms with E-state index in [1.54, 1.807) is 6.92 Å². The lowest BCUT2D eigenvalue weighted by Gasteiger charge is -2.16. The molecule has 2 aromatic carbocycles. The summed E-state index contributed by atoms with van der Waals surface area (Å²) in [6.07, 6.45) is 1.20. The minimum atomic E-state index is -0.730. The van der Waals surface area contributed by atoms with Gasteiger partial charge in [0, 0.05) is 17.0 Å². The number of anilines is 1. The zero-order chi connectivity index (χ0) is 16.8. The molecular formula is C16H16N2O4S. The van der Waals surface area contributed by atoms with E-state index >= 15 is 0 Å². The van der Waals surface area contributed by atoms with Crippen LogP contribution in [0, 0.1) is 10.1 Å². The number of hydrogen-bond acceptors (Lipinski definition) is 5. The fourth-order valence-corrected chi connectivity index (χ4v) is 2.44. The van der Waals surface area contributed by atoms with Crippen LogP contribution in [0.3, 0.4) is 0 Å². The van der Waals surface area contributed by atoms with Crippen LogP contribution in [0.1, 0.15) is 6.92 Å². The number of nitro groups is 1. The van der Waals surface area contributed by atoms with Crippen LogP contribution < -0.4 is 10.1 Å². The van der Waals surface area contributed by atoms with Crippen LogP contribution in [0.2, 0.25) is 0 Å². The molecule has 0 saturated carbocycles.